The van der Waals surface area contributed by atoms with Crippen LogP contribution in [0.5, 0.6) is 0 Å². The standard InChI is InChI=1S/C17H23N5O2/c1-21-6-8-22(9-7-21)16-11-14(4-5-18-16)12-19-17(23)20-13-15-3-2-10-24-15/h2-5,10-11H,6-9,12-13H2,1H3,(H2,19,20,23). The van der Waals surface area contributed by atoms with Gasteiger partial charge < -0.3 is 24.9 Å². The first-order valence-electron chi connectivity index (χ1n) is 8.13. The number of anilines is 1. The zero-order chi connectivity index (χ0) is 16.8. The highest BCUT2D eigenvalue weighted by Gasteiger charge is 2.15. The summed E-state index contributed by atoms with van der Waals surface area (Å²) in [6, 6.07) is 7.37. The Bertz CT molecular complexity index is 651. The normalized spacial score (nSPS) is 15.3. The SMILES string of the molecule is CN1CCN(c2cc(CNC(=O)NCc3ccco3)ccn2)CC1. The molecule has 128 valence electrons. The Labute approximate surface area is 141 Å². The first kappa shape index (κ1) is 16.3. The smallest absolute Gasteiger partial charge is 0.315 e. The number of hydrogen-bond donors (Lipinski definition) is 2. The Morgan fingerprint density at radius 1 is 1.21 bits per heavy atom. The number of amides is 2. The van der Waals surface area contributed by atoms with Gasteiger partial charge in [0.1, 0.15) is 11.6 Å². The van der Waals surface area contributed by atoms with Gasteiger partial charge in [0.05, 0.1) is 12.8 Å². The number of carbonyl (C=O) groups excluding carboxylic acids is 1. The topological polar surface area (TPSA) is 73.6 Å². The Morgan fingerprint density at radius 2 is 2.00 bits per heavy atom. The lowest BCUT2D eigenvalue weighted by atomic mass is 10.2. The van der Waals surface area contributed by atoms with E-state index in [1.165, 1.54) is 0 Å². The molecule has 1 aliphatic heterocycles. The number of carbonyl (C=O) groups is 1. The summed E-state index contributed by atoms with van der Waals surface area (Å²) >= 11 is 0. The van der Waals surface area contributed by atoms with E-state index >= 15 is 0 Å². The van der Waals surface area contributed by atoms with E-state index in [4.69, 9.17) is 4.42 Å². The Morgan fingerprint density at radius 3 is 2.75 bits per heavy atom. The summed E-state index contributed by atoms with van der Waals surface area (Å²) in [5.41, 5.74) is 1.03. The fourth-order valence-electron chi connectivity index (χ4n) is 2.60. The molecule has 2 aromatic rings. The van der Waals surface area contributed by atoms with Gasteiger partial charge >= 0.3 is 6.03 Å². The molecule has 1 aliphatic rings. The molecule has 0 bridgehead atoms. The average molecular weight is 329 g/mol. The van der Waals surface area contributed by atoms with Gasteiger partial charge in [-0.2, -0.15) is 0 Å². The second-order valence-corrected chi connectivity index (χ2v) is 5.93. The van der Waals surface area contributed by atoms with Crippen LogP contribution in [-0.4, -0.2) is 49.1 Å². The molecule has 0 spiro atoms. The minimum atomic E-state index is -0.218. The monoisotopic (exact) mass is 329 g/mol. The lowest BCUT2D eigenvalue weighted by Gasteiger charge is -2.33. The second-order valence-electron chi connectivity index (χ2n) is 5.93. The quantitative estimate of drug-likeness (QED) is 0.868. The minimum absolute atomic E-state index is 0.218. The van der Waals surface area contributed by atoms with Crippen LogP contribution in [0, 0.1) is 0 Å². The molecule has 0 atom stereocenters. The molecule has 1 saturated heterocycles. The van der Waals surface area contributed by atoms with Crippen LogP contribution >= 0.6 is 0 Å². The van der Waals surface area contributed by atoms with Crippen LogP contribution in [0.3, 0.4) is 0 Å². The molecule has 0 aromatic carbocycles. The van der Waals surface area contributed by atoms with E-state index in [2.05, 4.69) is 32.5 Å². The number of aromatic nitrogens is 1. The van der Waals surface area contributed by atoms with Gasteiger partial charge in [0, 0.05) is 38.9 Å². The third-order valence-electron chi connectivity index (χ3n) is 4.09. The summed E-state index contributed by atoms with van der Waals surface area (Å²) in [6.07, 6.45) is 3.39. The summed E-state index contributed by atoms with van der Waals surface area (Å²) < 4.78 is 5.18. The van der Waals surface area contributed by atoms with E-state index in [1.54, 1.807) is 18.5 Å². The van der Waals surface area contributed by atoms with E-state index in [-0.39, 0.29) is 6.03 Å². The van der Waals surface area contributed by atoms with Crippen molar-refractivity contribution in [2.45, 2.75) is 13.1 Å². The summed E-state index contributed by atoms with van der Waals surface area (Å²) in [7, 11) is 2.13. The lowest BCUT2D eigenvalue weighted by Crippen LogP contribution is -2.44. The number of hydrogen-bond acceptors (Lipinski definition) is 5. The molecular weight excluding hydrogens is 306 g/mol. The van der Waals surface area contributed by atoms with Crippen molar-refractivity contribution >= 4 is 11.8 Å². The lowest BCUT2D eigenvalue weighted by molar-refractivity contribution is 0.239. The fraction of sp³-hybridized carbons (Fsp3) is 0.412. The maximum atomic E-state index is 11.8. The highest BCUT2D eigenvalue weighted by atomic mass is 16.3. The highest BCUT2D eigenvalue weighted by molar-refractivity contribution is 5.73. The number of piperazine rings is 1. The van der Waals surface area contributed by atoms with E-state index in [1.807, 2.05) is 18.2 Å². The molecule has 2 amide bonds. The van der Waals surface area contributed by atoms with Gasteiger partial charge in [0.15, 0.2) is 0 Å². The van der Waals surface area contributed by atoms with E-state index in [9.17, 15) is 4.79 Å². The zero-order valence-corrected chi connectivity index (χ0v) is 13.9. The van der Waals surface area contributed by atoms with Crippen molar-refractivity contribution in [2.24, 2.45) is 0 Å². The van der Waals surface area contributed by atoms with Crippen molar-refractivity contribution in [2.75, 3.05) is 38.1 Å². The number of nitrogens with zero attached hydrogens (tertiary/aromatic N) is 3. The van der Waals surface area contributed by atoms with Crippen molar-refractivity contribution in [1.29, 1.82) is 0 Å². The number of furan rings is 1. The van der Waals surface area contributed by atoms with Crippen molar-refractivity contribution in [3.8, 4) is 0 Å². The molecule has 7 heteroatoms. The Balaban J connectivity index is 1.48. The second kappa shape index (κ2) is 7.83. The average Bonchev–Trinajstić information content (AvgIpc) is 3.13. The number of rotatable bonds is 5. The van der Waals surface area contributed by atoms with Crippen LogP contribution in [0.1, 0.15) is 11.3 Å². The Kier molecular flexibility index (Phi) is 5.32. The van der Waals surface area contributed by atoms with Crippen molar-refractivity contribution < 1.29 is 9.21 Å². The third kappa shape index (κ3) is 4.48. The number of nitrogens with one attached hydrogen (secondary N) is 2. The summed E-state index contributed by atoms with van der Waals surface area (Å²) in [6.45, 7) is 4.88. The summed E-state index contributed by atoms with van der Waals surface area (Å²) in [5, 5.41) is 5.62. The fourth-order valence-corrected chi connectivity index (χ4v) is 2.60. The molecule has 7 nitrogen and oxygen atoms in total. The molecular formula is C17H23N5O2. The van der Waals surface area contributed by atoms with Crippen molar-refractivity contribution in [1.82, 2.24) is 20.5 Å². The maximum Gasteiger partial charge on any atom is 0.315 e. The first-order chi connectivity index (χ1) is 11.7. The maximum absolute atomic E-state index is 11.8. The molecule has 3 heterocycles. The summed E-state index contributed by atoms with van der Waals surface area (Å²) in [4.78, 5) is 20.9. The minimum Gasteiger partial charge on any atom is -0.467 e. The van der Waals surface area contributed by atoms with Crippen LogP contribution in [-0.2, 0) is 13.1 Å². The Hall–Kier alpha value is -2.54. The van der Waals surface area contributed by atoms with E-state index in [0.717, 1.165) is 43.3 Å². The van der Waals surface area contributed by atoms with Gasteiger partial charge in [-0.15, -0.1) is 0 Å². The van der Waals surface area contributed by atoms with Crippen LogP contribution in [0.15, 0.2) is 41.1 Å². The van der Waals surface area contributed by atoms with Crippen LogP contribution in [0.2, 0.25) is 0 Å². The predicted molar refractivity (Wildman–Crippen MR) is 91.7 cm³/mol. The molecule has 2 aromatic heterocycles. The number of likely N-dealkylation sites (N-methyl/N-ethyl adjacent to an activating group) is 1. The van der Waals surface area contributed by atoms with Gasteiger partial charge in [-0.25, -0.2) is 9.78 Å². The molecule has 0 radical (unpaired) electrons. The van der Waals surface area contributed by atoms with Crippen LogP contribution < -0.4 is 15.5 Å². The number of urea groups is 1. The van der Waals surface area contributed by atoms with Crippen molar-refractivity contribution in [3.63, 3.8) is 0 Å². The highest BCUT2D eigenvalue weighted by Crippen LogP contribution is 2.14. The van der Waals surface area contributed by atoms with E-state index < -0.39 is 0 Å². The van der Waals surface area contributed by atoms with Gasteiger partial charge in [0.2, 0.25) is 0 Å². The molecule has 3 rings (SSSR count). The molecule has 0 aliphatic carbocycles. The zero-order valence-electron chi connectivity index (χ0n) is 13.9. The molecule has 0 saturated carbocycles. The largest absolute Gasteiger partial charge is 0.467 e. The third-order valence-corrected chi connectivity index (χ3v) is 4.09. The van der Waals surface area contributed by atoms with Gasteiger partial charge in [-0.3, -0.25) is 0 Å². The predicted octanol–water partition coefficient (Wildman–Crippen LogP) is 1.43. The van der Waals surface area contributed by atoms with Crippen LogP contribution in [0.25, 0.3) is 0 Å². The van der Waals surface area contributed by atoms with Crippen molar-refractivity contribution in [3.05, 3.63) is 48.0 Å². The molecule has 2 N–H and O–H groups in total. The summed E-state index contributed by atoms with van der Waals surface area (Å²) in [5.74, 6) is 1.70. The molecule has 24 heavy (non-hydrogen) atoms. The van der Waals surface area contributed by atoms with Gasteiger partial charge in [-0.1, -0.05) is 0 Å². The molecule has 1 fully saturated rings. The molecule has 0 unspecified atom stereocenters. The van der Waals surface area contributed by atoms with Gasteiger partial charge in [0.25, 0.3) is 0 Å². The van der Waals surface area contributed by atoms with Crippen LogP contribution in [0.4, 0.5) is 10.6 Å². The van der Waals surface area contributed by atoms with E-state index in [0.29, 0.717) is 13.1 Å². The first-order valence-corrected chi connectivity index (χ1v) is 8.13. The van der Waals surface area contributed by atoms with Gasteiger partial charge in [-0.05, 0) is 36.9 Å². The number of pyridine rings is 1.